The van der Waals surface area contributed by atoms with Gasteiger partial charge >= 0.3 is 0 Å². The van der Waals surface area contributed by atoms with Gasteiger partial charge in [-0.15, -0.1) is 12.6 Å². The molecule has 0 saturated heterocycles. The van der Waals surface area contributed by atoms with Crippen molar-refractivity contribution in [3.8, 4) is 0 Å². The van der Waals surface area contributed by atoms with E-state index in [9.17, 15) is 4.79 Å². The van der Waals surface area contributed by atoms with Crippen LogP contribution >= 0.6 is 47.2 Å². The van der Waals surface area contributed by atoms with Crippen LogP contribution in [0.2, 0.25) is 10.0 Å². The standard InChI is InChI=1S/C18H12Cl2N6OS2/c19-11-5-8(15(21)27)6-12(20)13(11)25-18-26-14-16(22-7-23-17(14)29-18)24-9-1-3-10(28)4-2-9/h1-7,28H,(H2,21,27)(H,25,26)(H,22,23,24). The van der Waals surface area contributed by atoms with Gasteiger partial charge < -0.3 is 16.4 Å². The van der Waals surface area contributed by atoms with Gasteiger partial charge in [0.05, 0.1) is 15.7 Å². The van der Waals surface area contributed by atoms with Crippen LogP contribution in [0.3, 0.4) is 0 Å². The number of benzene rings is 2. The van der Waals surface area contributed by atoms with Crippen molar-refractivity contribution in [2.45, 2.75) is 4.90 Å². The summed E-state index contributed by atoms with van der Waals surface area (Å²) in [5.74, 6) is -0.0511. The summed E-state index contributed by atoms with van der Waals surface area (Å²) in [6, 6.07) is 10.4. The number of fused-ring (bicyclic) bond motifs is 1. The minimum absolute atomic E-state index is 0.222. The smallest absolute Gasteiger partial charge is 0.248 e. The lowest BCUT2D eigenvalue weighted by Gasteiger charge is -2.09. The Morgan fingerprint density at radius 3 is 2.41 bits per heavy atom. The van der Waals surface area contributed by atoms with Gasteiger partial charge in [-0.25, -0.2) is 15.0 Å². The van der Waals surface area contributed by atoms with E-state index in [0.717, 1.165) is 10.6 Å². The number of thiazole rings is 1. The van der Waals surface area contributed by atoms with Crippen LogP contribution < -0.4 is 16.4 Å². The fourth-order valence-corrected chi connectivity index (χ4v) is 4.06. The number of hydrogen-bond acceptors (Lipinski definition) is 8. The molecule has 11 heteroatoms. The lowest BCUT2D eigenvalue weighted by Crippen LogP contribution is -2.11. The molecule has 4 N–H and O–H groups in total. The van der Waals surface area contributed by atoms with Crippen LogP contribution in [0.1, 0.15) is 10.4 Å². The first-order chi connectivity index (χ1) is 13.9. The average molecular weight is 463 g/mol. The molecule has 4 aromatic rings. The Hall–Kier alpha value is -2.59. The fraction of sp³-hybridized carbons (Fsp3) is 0. The maximum absolute atomic E-state index is 11.3. The van der Waals surface area contributed by atoms with Crippen LogP contribution in [0.5, 0.6) is 0 Å². The maximum atomic E-state index is 11.3. The molecule has 0 aliphatic carbocycles. The molecule has 1 amide bonds. The highest BCUT2D eigenvalue weighted by molar-refractivity contribution is 7.80. The molecular formula is C18H12Cl2N6OS2. The van der Waals surface area contributed by atoms with Crippen molar-refractivity contribution in [2.75, 3.05) is 10.6 Å². The third kappa shape index (κ3) is 4.23. The molecule has 0 aliphatic heterocycles. The van der Waals surface area contributed by atoms with Crippen molar-refractivity contribution >= 4 is 85.7 Å². The number of rotatable bonds is 5. The lowest BCUT2D eigenvalue weighted by atomic mass is 10.2. The molecule has 0 aliphatic rings. The Morgan fingerprint density at radius 1 is 1.07 bits per heavy atom. The van der Waals surface area contributed by atoms with Gasteiger partial charge in [0.25, 0.3) is 0 Å². The maximum Gasteiger partial charge on any atom is 0.248 e. The Morgan fingerprint density at radius 2 is 1.76 bits per heavy atom. The Kier molecular flexibility index (Phi) is 5.46. The predicted molar refractivity (Wildman–Crippen MR) is 120 cm³/mol. The molecular weight excluding hydrogens is 451 g/mol. The second-order valence-electron chi connectivity index (χ2n) is 5.87. The summed E-state index contributed by atoms with van der Waals surface area (Å²) in [5, 5.41) is 7.32. The molecule has 4 rings (SSSR count). The quantitative estimate of drug-likeness (QED) is 0.301. The minimum atomic E-state index is -0.614. The van der Waals surface area contributed by atoms with E-state index in [4.69, 9.17) is 28.9 Å². The van der Waals surface area contributed by atoms with E-state index in [2.05, 4.69) is 38.2 Å². The first kappa shape index (κ1) is 19.7. The molecule has 0 saturated carbocycles. The molecule has 0 fully saturated rings. The molecule has 0 atom stereocenters. The summed E-state index contributed by atoms with van der Waals surface area (Å²) < 4.78 is 0. The number of aromatic nitrogens is 3. The van der Waals surface area contributed by atoms with Crippen LogP contribution in [0.4, 0.5) is 22.3 Å². The zero-order chi connectivity index (χ0) is 20.5. The third-order valence-corrected chi connectivity index (χ3v) is 5.66. The zero-order valence-corrected chi connectivity index (χ0v) is 17.7. The Bertz CT molecular complexity index is 1210. The van der Waals surface area contributed by atoms with E-state index in [1.54, 1.807) is 0 Å². The Balaban J connectivity index is 1.66. The molecule has 2 aromatic carbocycles. The van der Waals surface area contributed by atoms with Crippen molar-refractivity contribution < 1.29 is 4.79 Å². The molecule has 2 heterocycles. The van der Waals surface area contributed by atoms with E-state index in [1.165, 1.54) is 29.8 Å². The summed E-state index contributed by atoms with van der Waals surface area (Å²) in [6.07, 6.45) is 1.46. The Labute approximate surface area is 184 Å². The minimum Gasteiger partial charge on any atom is -0.366 e. The highest BCUT2D eigenvalue weighted by Gasteiger charge is 2.15. The lowest BCUT2D eigenvalue weighted by molar-refractivity contribution is 0.100. The van der Waals surface area contributed by atoms with Crippen molar-refractivity contribution in [1.29, 1.82) is 0 Å². The number of amides is 1. The summed E-state index contributed by atoms with van der Waals surface area (Å²) >= 11 is 18.1. The summed E-state index contributed by atoms with van der Waals surface area (Å²) in [7, 11) is 0. The van der Waals surface area contributed by atoms with Crippen LogP contribution in [-0.4, -0.2) is 20.9 Å². The second-order valence-corrected chi connectivity index (χ2v) is 8.18. The van der Waals surface area contributed by atoms with Gasteiger partial charge in [0, 0.05) is 16.1 Å². The molecule has 0 unspecified atom stereocenters. The van der Waals surface area contributed by atoms with Crippen molar-refractivity contribution in [2.24, 2.45) is 5.73 Å². The number of nitrogens with two attached hydrogens (primary N) is 1. The number of primary amides is 1. The van der Waals surface area contributed by atoms with E-state index in [0.29, 0.717) is 27.0 Å². The number of carbonyl (C=O) groups is 1. The molecule has 146 valence electrons. The molecule has 2 aromatic heterocycles. The normalized spacial score (nSPS) is 10.9. The summed E-state index contributed by atoms with van der Waals surface area (Å²) in [4.78, 5) is 26.0. The van der Waals surface area contributed by atoms with Gasteiger partial charge in [0.15, 0.2) is 15.8 Å². The van der Waals surface area contributed by atoms with Gasteiger partial charge in [-0.1, -0.05) is 34.5 Å². The highest BCUT2D eigenvalue weighted by Crippen LogP contribution is 2.37. The largest absolute Gasteiger partial charge is 0.366 e. The third-order valence-electron chi connectivity index (χ3n) is 3.88. The first-order valence-electron chi connectivity index (χ1n) is 8.14. The van der Waals surface area contributed by atoms with Crippen molar-refractivity contribution in [3.63, 3.8) is 0 Å². The topological polar surface area (TPSA) is 106 Å². The predicted octanol–water partition coefficient (Wildman–Crippen LogP) is 5.27. The summed E-state index contributed by atoms with van der Waals surface area (Å²) in [6.45, 7) is 0. The second kappa shape index (κ2) is 8.03. The van der Waals surface area contributed by atoms with Crippen LogP contribution in [0.15, 0.2) is 47.6 Å². The summed E-state index contributed by atoms with van der Waals surface area (Å²) in [5.41, 5.74) is 7.36. The van der Waals surface area contributed by atoms with Gasteiger partial charge in [-0.2, -0.15) is 0 Å². The first-order valence-corrected chi connectivity index (χ1v) is 10.2. The molecule has 0 spiro atoms. The monoisotopic (exact) mass is 462 g/mol. The van der Waals surface area contributed by atoms with Gasteiger partial charge in [0.1, 0.15) is 11.8 Å². The van der Waals surface area contributed by atoms with Crippen LogP contribution in [0.25, 0.3) is 10.3 Å². The number of anilines is 4. The van der Waals surface area contributed by atoms with E-state index in [1.807, 2.05) is 24.3 Å². The fourth-order valence-electron chi connectivity index (χ4n) is 2.52. The number of carbonyl (C=O) groups excluding carboxylic acids is 1. The average Bonchev–Trinajstić information content (AvgIpc) is 3.10. The number of nitrogens with zero attached hydrogens (tertiary/aromatic N) is 3. The molecule has 0 radical (unpaired) electrons. The van der Waals surface area contributed by atoms with Crippen LogP contribution in [-0.2, 0) is 0 Å². The number of hydrogen-bond donors (Lipinski definition) is 4. The number of halogens is 2. The van der Waals surface area contributed by atoms with Gasteiger partial charge in [-0.05, 0) is 36.4 Å². The molecule has 7 nitrogen and oxygen atoms in total. The van der Waals surface area contributed by atoms with Gasteiger partial charge in [0.2, 0.25) is 5.91 Å². The van der Waals surface area contributed by atoms with E-state index < -0.39 is 5.91 Å². The number of thiol groups is 1. The highest BCUT2D eigenvalue weighted by atomic mass is 35.5. The number of nitrogens with one attached hydrogen (secondary N) is 2. The zero-order valence-electron chi connectivity index (χ0n) is 14.5. The molecule has 29 heavy (non-hydrogen) atoms. The van der Waals surface area contributed by atoms with Crippen molar-refractivity contribution in [1.82, 2.24) is 15.0 Å². The van der Waals surface area contributed by atoms with E-state index in [-0.39, 0.29) is 15.6 Å². The van der Waals surface area contributed by atoms with Crippen LogP contribution in [0, 0.1) is 0 Å². The van der Waals surface area contributed by atoms with E-state index >= 15 is 0 Å². The van der Waals surface area contributed by atoms with Crippen molar-refractivity contribution in [3.05, 3.63) is 58.3 Å². The van der Waals surface area contributed by atoms with Gasteiger partial charge in [-0.3, -0.25) is 4.79 Å². The molecule has 0 bridgehead atoms. The SMILES string of the molecule is NC(=O)c1cc(Cl)c(Nc2nc3c(Nc4ccc(S)cc4)ncnc3s2)c(Cl)c1.